The highest BCUT2D eigenvalue weighted by Gasteiger charge is 2.00. The van der Waals surface area contributed by atoms with Gasteiger partial charge in [0.05, 0.1) is 6.61 Å². The van der Waals surface area contributed by atoms with Crippen molar-refractivity contribution >= 4 is 15.9 Å². The maximum absolute atomic E-state index is 5.62. The Hall–Kier alpha value is -0.340. The van der Waals surface area contributed by atoms with Crippen molar-refractivity contribution in [1.82, 2.24) is 0 Å². The number of ether oxygens (including phenoxy) is 1. The first-order chi connectivity index (χ1) is 7.33. The van der Waals surface area contributed by atoms with E-state index >= 15 is 0 Å². The Morgan fingerprint density at radius 1 is 1.20 bits per heavy atom. The predicted octanol–water partition coefficient (Wildman–Crippen LogP) is 4.01. The zero-order valence-electron chi connectivity index (χ0n) is 9.29. The van der Waals surface area contributed by atoms with Gasteiger partial charge in [0, 0.05) is 11.9 Å². The first-order valence-electron chi connectivity index (χ1n) is 5.50. The molecule has 2 heteroatoms. The SMILES string of the molecule is CC(CCBr)CCOCc1ccccc1. The fourth-order valence-corrected chi connectivity index (χ4v) is 2.16. The highest BCUT2D eigenvalue weighted by molar-refractivity contribution is 9.09. The molecule has 0 radical (unpaired) electrons. The Bertz CT molecular complexity index is 248. The van der Waals surface area contributed by atoms with E-state index in [1.165, 1.54) is 12.0 Å². The summed E-state index contributed by atoms with van der Waals surface area (Å²) in [7, 11) is 0. The third-order valence-electron chi connectivity index (χ3n) is 2.47. The van der Waals surface area contributed by atoms with Crippen molar-refractivity contribution in [3.63, 3.8) is 0 Å². The molecule has 1 atom stereocenters. The van der Waals surface area contributed by atoms with Gasteiger partial charge in [0.1, 0.15) is 0 Å². The third-order valence-corrected chi connectivity index (χ3v) is 2.93. The summed E-state index contributed by atoms with van der Waals surface area (Å²) in [6, 6.07) is 10.3. The van der Waals surface area contributed by atoms with E-state index in [1.54, 1.807) is 0 Å². The van der Waals surface area contributed by atoms with Gasteiger partial charge in [-0.3, -0.25) is 0 Å². The largest absolute Gasteiger partial charge is 0.377 e. The minimum absolute atomic E-state index is 0.738. The maximum Gasteiger partial charge on any atom is 0.0716 e. The van der Waals surface area contributed by atoms with Crippen LogP contribution in [0.25, 0.3) is 0 Å². The molecule has 0 spiro atoms. The molecule has 0 heterocycles. The van der Waals surface area contributed by atoms with Gasteiger partial charge in [-0.1, -0.05) is 53.2 Å². The lowest BCUT2D eigenvalue weighted by atomic mass is 10.1. The van der Waals surface area contributed by atoms with Crippen LogP contribution in [0.5, 0.6) is 0 Å². The maximum atomic E-state index is 5.62. The number of rotatable bonds is 7. The summed E-state index contributed by atoms with van der Waals surface area (Å²) in [6.07, 6.45) is 2.38. The first kappa shape index (κ1) is 12.7. The van der Waals surface area contributed by atoms with Crippen LogP contribution in [0.15, 0.2) is 30.3 Å². The summed E-state index contributed by atoms with van der Waals surface area (Å²) in [6.45, 7) is 3.87. The minimum Gasteiger partial charge on any atom is -0.377 e. The van der Waals surface area contributed by atoms with E-state index in [-0.39, 0.29) is 0 Å². The summed E-state index contributed by atoms with van der Waals surface area (Å²) in [5, 5.41) is 1.09. The highest BCUT2D eigenvalue weighted by atomic mass is 79.9. The highest BCUT2D eigenvalue weighted by Crippen LogP contribution is 2.09. The quantitative estimate of drug-likeness (QED) is 0.537. The van der Waals surface area contributed by atoms with Gasteiger partial charge in [-0.25, -0.2) is 0 Å². The van der Waals surface area contributed by atoms with Crippen LogP contribution in [-0.4, -0.2) is 11.9 Å². The Balaban J connectivity index is 2.07. The Kier molecular flexibility index (Phi) is 6.69. The zero-order chi connectivity index (χ0) is 10.9. The summed E-state index contributed by atoms with van der Waals surface area (Å²) >= 11 is 3.45. The summed E-state index contributed by atoms with van der Waals surface area (Å²) < 4.78 is 5.62. The van der Waals surface area contributed by atoms with Crippen molar-refractivity contribution in [2.75, 3.05) is 11.9 Å². The van der Waals surface area contributed by atoms with E-state index in [9.17, 15) is 0 Å². The molecule has 0 aromatic heterocycles. The van der Waals surface area contributed by atoms with Crippen molar-refractivity contribution in [3.05, 3.63) is 35.9 Å². The fraction of sp³-hybridized carbons (Fsp3) is 0.538. The molecule has 0 saturated heterocycles. The second-order valence-corrected chi connectivity index (χ2v) is 4.70. The number of alkyl halides is 1. The summed E-state index contributed by atoms with van der Waals surface area (Å²) in [5.74, 6) is 0.750. The minimum atomic E-state index is 0.738. The molecule has 0 aliphatic heterocycles. The number of benzene rings is 1. The molecule has 0 aliphatic carbocycles. The van der Waals surface area contributed by atoms with Gasteiger partial charge in [-0.15, -0.1) is 0 Å². The second kappa shape index (κ2) is 7.89. The Morgan fingerprint density at radius 3 is 2.60 bits per heavy atom. The molecule has 0 N–H and O–H groups in total. The topological polar surface area (TPSA) is 9.23 Å². The van der Waals surface area contributed by atoms with Crippen molar-refractivity contribution in [2.45, 2.75) is 26.4 Å². The number of halogens is 1. The number of hydrogen-bond donors (Lipinski definition) is 0. The average molecular weight is 271 g/mol. The van der Waals surface area contributed by atoms with Crippen LogP contribution < -0.4 is 0 Å². The molecule has 1 unspecified atom stereocenters. The predicted molar refractivity (Wildman–Crippen MR) is 68.3 cm³/mol. The molecule has 1 rings (SSSR count). The van der Waals surface area contributed by atoms with Crippen molar-refractivity contribution < 1.29 is 4.74 Å². The Labute approximate surface area is 101 Å². The fourth-order valence-electron chi connectivity index (χ4n) is 1.38. The molecule has 84 valence electrons. The lowest BCUT2D eigenvalue weighted by molar-refractivity contribution is 0.109. The van der Waals surface area contributed by atoms with Gasteiger partial charge in [-0.2, -0.15) is 0 Å². The third kappa shape index (κ3) is 5.95. The molecule has 1 aromatic rings. The molecule has 0 saturated carbocycles. The van der Waals surface area contributed by atoms with Gasteiger partial charge in [0.15, 0.2) is 0 Å². The van der Waals surface area contributed by atoms with E-state index in [4.69, 9.17) is 4.74 Å². The van der Waals surface area contributed by atoms with Crippen LogP contribution in [0.3, 0.4) is 0 Å². The van der Waals surface area contributed by atoms with Crippen LogP contribution in [0.4, 0.5) is 0 Å². The monoisotopic (exact) mass is 270 g/mol. The lowest BCUT2D eigenvalue weighted by Gasteiger charge is -2.09. The molecular formula is C13H19BrO. The van der Waals surface area contributed by atoms with Gasteiger partial charge in [0.2, 0.25) is 0 Å². The van der Waals surface area contributed by atoms with Crippen molar-refractivity contribution in [2.24, 2.45) is 5.92 Å². The zero-order valence-corrected chi connectivity index (χ0v) is 10.9. The van der Waals surface area contributed by atoms with Gasteiger partial charge in [0.25, 0.3) is 0 Å². The van der Waals surface area contributed by atoms with Gasteiger partial charge < -0.3 is 4.74 Å². The molecule has 0 bridgehead atoms. The van der Waals surface area contributed by atoms with Crippen LogP contribution >= 0.6 is 15.9 Å². The average Bonchev–Trinajstić information content (AvgIpc) is 2.26. The second-order valence-electron chi connectivity index (χ2n) is 3.91. The molecule has 0 aliphatic rings. The standard InChI is InChI=1S/C13H19BrO/c1-12(7-9-14)8-10-15-11-13-5-3-2-4-6-13/h2-6,12H,7-11H2,1H3. The van der Waals surface area contributed by atoms with E-state index in [0.717, 1.165) is 30.9 Å². The van der Waals surface area contributed by atoms with Crippen LogP contribution in [0.1, 0.15) is 25.3 Å². The first-order valence-corrected chi connectivity index (χ1v) is 6.62. The van der Waals surface area contributed by atoms with Crippen LogP contribution in [-0.2, 0) is 11.3 Å². The van der Waals surface area contributed by atoms with Crippen molar-refractivity contribution in [1.29, 1.82) is 0 Å². The smallest absolute Gasteiger partial charge is 0.0716 e. The number of hydrogen-bond acceptors (Lipinski definition) is 1. The summed E-state index contributed by atoms with van der Waals surface area (Å²) in [5.41, 5.74) is 1.26. The van der Waals surface area contributed by atoms with E-state index in [2.05, 4.69) is 35.0 Å². The van der Waals surface area contributed by atoms with Crippen molar-refractivity contribution in [3.8, 4) is 0 Å². The lowest BCUT2D eigenvalue weighted by Crippen LogP contribution is -2.02. The van der Waals surface area contributed by atoms with E-state index in [1.807, 2.05) is 18.2 Å². The summed E-state index contributed by atoms with van der Waals surface area (Å²) in [4.78, 5) is 0. The van der Waals surface area contributed by atoms with E-state index in [0.29, 0.717) is 0 Å². The molecule has 15 heavy (non-hydrogen) atoms. The normalized spacial score (nSPS) is 12.7. The molecule has 0 fully saturated rings. The van der Waals surface area contributed by atoms with Gasteiger partial charge in [-0.05, 0) is 24.3 Å². The van der Waals surface area contributed by atoms with Gasteiger partial charge >= 0.3 is 0 Å². The molecule has 1 nitrogen and oxygen atoms in total. The molecule has 1 aromatic carbocycles. The Morgan fingerprint density at radius 2 is 1.93 bits per heavy atom. The molecule has 0 amide bonds. The molecular weight excluding hydrogens is 252 g/mol. The van der Waals surface area contributed by atoms with Crippen LogP contribution in [0, 0.1) is 5.92 Å². The van der Waals surface area contributed by atoms with Crippen LogP contribution in [0.2, 0.25) is 0 Å². The van der Waals surface area contributed by atoms with E-state index < -0.39 is 0 Å².